The van der Waals surface area contributed by atoms with Crippen LogP contribution in [-0.4, -0.2) is 21.8 Å². The first kappa shape index (κ1) is 11.9. The van der Waals surface area contributed by atoms with E-state index in [1.807, 2.05) is 43.3 Å². The molecule has 0 radical (unpaired) electrons. The topological polar surface area (TPSA) is 42.7 Å². The van der Waals surface area contributed by atoms with Gasteiger partial charge in [0.1, 0.15) is 0 Å². The lowest BCUT2D eigenvalue weighted by atomic mass is 10.0. The maximum absolute atomic E-state index is 4.48. The second-order valence-corrected chi connectivity index (χ2v) is 4.59. The normalized spacial score (nSPS) is 12.7. The molecule has 96 valence electrons. The molecule has 0 aliphatic carbocycles. The Kier molecular flexibility index (Phi) is 3.01. The van der Waals surface area contributed by atoms with E-state index < -0.39 is 0 Å². The molecule has 3 aromatic rings. The first-order valence-electron chi connectivity index (χ1n) is 6.29. The van der Waals surface area contributed by atoms with Crippen molar-refractivity contribution in [2.24, 2.45) is 7.05 Å². The summed E-state index contributed by atoms with van der Waals surface area (Å²) in [7, 11) is 3.88. The third kappa shape index (κ3) is 2.22. The summed E-state index contributed by atoms with van der Waals surface area (Å²) in [6.45, 7) is 0. The molecule has 0 aliphatic rings. The predicted octanol–water partition coefficient (Wildman–Crippen LogP) is 2.28. The molecule has 0 aliphatic heterocycles. The second-order valence-electron chi connectivity index (χ2n) is 4.59. The van der Waals surface area contributed by atoms with Gasteiger partial charge in [-0.15, -0.1) is 0 Å². The second kappa shape index (κ2) is 4.82. The van der Waals surface area contributed by atoms with Crippen molar-refractivity contribution in [1.82, 2.24) is 20.1 Å². The Morgan fingerprint density at radius 3 is 2.84 bits per heavy atom. The van der Waals surface area contributed by atoms with Crippen LogP contribution in [0, 0.1) is 0 Å². The molecule has 3 rings (SSSR count). The molecule has 0 bridgehead atoms. The minimum atomic E-state index is 0.103. The van der Waals surface area contributed by atoms with Gasteiger partial charge in [0.15, 0.2) is 0 Å². The van der Waals surface area contributed by atoms with Crippen LogP contribution in [0.5, 0.6) is 0 Å². The number of pyridine rings is 1. The number of nitrogens with one attached hydrogen (secondary N) is 1. The van der Waals surface area contributed by atoms with Crippen molar-refractivity contribution >= 4 is 10.9 Å². The van der Waals surface area contributed by atoms with Gasteiger partial charge in [0.25, 0.3) is 0 Å². The average Bonchev–Trinajstić information content (AvgIpc) is 2.86. The van der Waals surface area contributed by atoms with E-state index in [4.69, 9.17) is 0 Å². The van der Waals surface area contributed by atoms with Gasteiger partial charge < -0.3 is 5.32 Å². The number of nitrogens with zero attached hydrogens (tertiary/aromatic N) is 3. The van der Waals surface area contributed by atoms with E-state index in [-0.39, 0.29) is 6.04 Å². The summed E-state index contributed by atoms with van der Waals surface area (Å²) in [6, 6.07) is 12.5. The zero-order valence-electron chi connectivity index (χ0n) is 11.0. The molecule has 0 fully saturated rings. The van der Waals surface area contributed by atoms with Gasteiger partial charge in [-0.2, -0.15) is 5.10 Å². The van der Waals surface area contributed by atoms with Crippen molar-refractivity contribution in [1.29, 1.82) is 0 Å². The van der Waals surface area contributed by atoms with E-state index in [9.17, 15) is 0 Å². The Balaban J connectivity index is 2.06. The number of aromatic nitrogens is 3. The van der Waals surface area contributed by atoms with E-state index in [2.05, 4.69) is 39.7 Å². The van der Waals surface area contributed by atoms with Crippen LogP contribution in [0.15, 0.2) is 48.8 Å². The van der Waals surface area contributed by atoms with Gasteiger partial charge in [-0.25, -0.2) is 0 Å². The monoisotopic (exact) mass is 252 g/mol. The van der Waals surface area contributed by atoms with Crippen LogP contribution in [-0.2, 0) is 7.05 Å². The van der Waals surface area contributed by atoms with Crippen LogP contribution in [0.25, 0.3) is 10.9 Å². The van der Waals surface area contributed by atoms with Crippen LogP contribution in [0.1, 0.15) is 17.3 Å². The standard InChI is InChI=1S/C15H16N4/c1-16-15(14-7-9-19(2)18-14)12-5-6-13-11(10-12)4-3-8-17-13/h3-10,15-16H,1-2H3. The first-order chi connectivity index (χ1) is 9.28. The number of rotatable bonds is 3. The lowest BCUT2D eigenvalue weighted by Gasteiger charge is -2.14. The fraction of sp³-hybridized carbons (Fsp3) is 0.200. The molecule has 1 unspecified atom stereocenters. The van der Waals surface area contributed by atoms with E-state index >= 15 is 0 Å². The van der Waals surface area contributed by atoms with Crippen molar-refractivity contribution in [3.05, 3.63) is 60.0 Å². The van der Waals surface area contributed by atoms with E-state index in [1.165, 1.54) is 5.56 Å². The van der Waals surface area contributed by atoms with Crippen LogP contribution in [0.3, 0.4) is 0 Å². The number of hydrogen-bond donors (Lipinski definition) is 1. The molecule has 0 spiro atoms. The summed E-state index contributed by atoms with van der Waals surface area (Å²) in [6.07, 6.45) is 3.78. The summed E-state index contributed by atoms with van der Waals surface area (Å²) in [4.78, 5) is 4.34. The Labute approximate surface area is 112 Å². The van der Waals surface area contributed by atoms with Crippen molar-refractivity contribution in [3.8, 4) is 0 Å². The number of hydrogen-bond acceptors (Lipinski definition) is 3. The van der Waals surface area contributed by atoms with Crippen LogP contribution < -0.4 is 5.32 Å². The summed E-state index contributed by atoms with van der Waals surface area (Å²) in [5.41, 5.74) is 3.23. The highest BCUT2D eigenvalue weighted by Crippen LogP contribution is 2.23. The van der Waals surface area contributed by atoms with Crippen LogP contribution >= 0.6 is 0 Å². The minimum absolute atomic E-state index is 0.103. The first-order valence-corrected chi connectivity index (χ1v) is 6.29. The molecule has 19 heavy (non-hydrogen) atoms. The maximum atomic E-state index is 4.48. The highest BCUT2D eigenvalue weighted by molar-refractivity contribution is 5.79. The van der Waals surface area contributed by atoms with Crippen LogP contribution in [0.4, 0.5) is 0 Å². The zero-order chi connectivity index (χ0) is 13.2. The number of fused-ring (bicyclic) bond motifs is 1. The fourth-order valence-electron chi connectivity index (χ4n) is 2.35. The summed E-state index contributed by atoms with van der Waals surface area (Å²) >= 11 is 0. The fourth-order valence-corrected chi connectivity index (χ4v) is 2.35. The molecule has 0 saturated heterocycles. The highest BCUT2D eigenvalue weighted by atomic mass is 15.3. The van der Waals surface area contributed by atoms with Gasteiger partial charge in [0.05, 0.1) is 17.3 Å². The molecular weight excluding hydrogens is 236 g/mol. The number of benzene rings is 1. The average molecular weight is 252 g/mol. The molecule has 1 atom stereocenters. The molecule has 0 amide bonds. The van der Waals surface area contributed by atoms with Crippen molar-refractivity contribution in [3.63, 3.8) is 0 Å². The molecule has 2 aromatic heterocycles. The highest BCUT2D eigenvalue weighted by Gasteiger charge is 2.14. The quantitative estimate of drug-likeness (QED) is 0.777. The molecule has 0 saturated carbocycles. The van der Waals surface area contributed by atoms with Gasteiger partial charge in [-0.05, 0) is 36.9 Å². The SMILES string of the molecule is CNC(c1ccc2ncccc2c1)c1ccn(C)n1. The van der Waals surface area contributed by atoms with Gasteiger partial charge in [0.2, 0.25) is 0 Å². The Morgan fingerprint density at radius 2 is 2.11 bits per heavy atom. The largest absolute Gasteiger partial charge is 0.308 e. The Bertz CT molecular complexity index is 702. The van der Waals surface area contributed by atoms with Crippen molar-refractivity contribution < 1.29 is 0 Å². The molecule has 4 nitrogen and oxygen atoms in total. The predicted molar refractivity (Wildman–Crippen MR) is 75.9 cm³/mol. The smallest absolute Gasteiger partial charge is 0.0839 e. The molecule has 1 aromatic carbocycles. The Hall–Kier alpha value is -2.20. The summed E-state index contributed by atoms with van der Waals surface area (Å²) < 4.78 is 1.82. The third-order valence-corrected chi connectivity index (χ3v) is 3.28. The van der Waals surface area contributed by atoms with E-state index in [1.54, 1.807) is 0 Å². The van der Waals surface area contributed by atoms with Crippen LogP contribution in [0.2, 0.25) is 0 Å². The van der Waals surface area contributed by atoms with Gasteiger partial charge in [-0.3, -0.25) is 9.67 Å². The van der Waals surface area contributed by atoms with Gasteiger partial charge >= 0.3 is 0 Å². The summed E-state index contributed by atoms with van der Waals surface area (Å²) in [5.74, 6) is 0. The summed E-state index contributed by atoms with van der Waals surface area (Å²) in [5, 5.41) is 8.94. The Morgan fingerprint density at radius 1 is 1.21 bits per heavy atom. The van der Waals surface area contributed by atoms with Crippen molar-refractivity contribution in [2.45, 2.75) is 6.04 Å². The lowest BCUT2D eigenvalue weighted by Crippen LogP contribution is -2.18. The van der Waals surface area contributed by atoms with Crippen molar-refractivity contribution in [2.75, 3.05) is 7.05 Å². The zero-order valence-corrected chi connectivity index (χ0v) is 11.0. The lowest BCUT2D eigenvalue weighted by molar-refractivity contribution is 0.642. The molecule has 1 N–H and O–H groups in total. The molecular formula is C15H16N4. The van der Waals surface area contributed by atoms with E-state index in [0.717, 1.165) is 16.6 Å². The van der Waals surface area contributed by atoms with Gasteiger partial charge in [-0.1, -0.05) is 12.1 Å². The molecule has 4 heteroatoms. The maximum Gasteiger partial charge on any atom is 0.0839 e. The van der Waals surface area contributed by atoms with E-state index in [0.29, 0.717) is 0 Å². The molecule has 2 heterocycles. The number of aryl methyl sites for hydroxylation is 1. The minimum Gasteiger partial charge on any atom is -0.308 e. The third-order valence-electron chi connectivity index (χ3n) is 3.28. The van der Waals surface area contributed by atoms with Gasteiger partial charge in [0, 0.05) is 24.8 Å².